The molecule has 0 unspecified atom stereocenters. The fourth-order valence-corrected chi connectivity index (χ4v) is 1.85. The van der Waals surface area contributed by atoms with E-state index in [0.29, 0.717) is 0 Å². The number of nitrogens with zero attached hydrogens (tertiary/aromatic N) is 4. The molecule has 2 heterocycles. The maximum Gasteiger partial charge on any atom is 0.116 e. The molecule has 2 aromatic rings. The monoisotopic (exact) mass is 218 g/mol. The van der Waals surface area contributed by atoms with E-state index in [1.807, 2.05) is 17.1 Å². The largest absolute Gasteiger partial charge is 0.330 e. The predicted octanol–water partition coefficient (Wildman–Crippen LogP) is 0.407. The first kappa shape index (κ1) is 9.53. The number of aromatic nitrogens is 5. The number of aromatic amines is 1. The van der Waals surface area contributed by atoms with Gasteiger partial charge < -0.3 is 5.73 Å². The molecule has 3 N–H and O–H groups in total. The van der Waals surface area contributed by atoms with Crippen molar-refractivity contribution in [3.8, 4) is 11.3 Å². The Morgan fingerprint density at radius 3 is 3.00 bits per heavy atom. The van der Waals surface area contributed by atoms with E-state index >= 15 is 0 Å². The van der Waals surface area contributed by atoms with E-state index in [-0.39, 0.29) is 5.41 Å². The summed E-state index contributed by atoms with van der Waals surface area (Å²) >= 11 is 0. The molecule has 0 saturated heterocycles. The average molecular weight is 218 g/mol. The fourth-order valence-electron chi connectivity index (χ4n) is 1.85. The SMILES string of the molecule is NCC1(Cn2cc(-c3cn[nH]c3)nn2)CC1. The molecule has 84 valence electrons. The summed E-state index contributed by atoms with van der Waals surface area (Å²) in [5, 5.41) is 14.9. The Morgan fingerprint density at radius 1 is 1.50 bits per heavy atom. The molecule has 0 radical (unpaired) electrons. The van der Waals surface area contributed by atoms with E-state index in [0.717, 1.165) is 24.3 Å². The minimum Gasteiger partial charge on any atom is -0.330 e. The summed E-state index contributed by atoms with van der Waals surface area (Å²) in [7, 11) is 0. The first-order valence-electron chi connectivity index (χ1n) is 5.41. The Kier molecular flexibility index (Phi) is 2.03. The van der Waals surface area contributed by atoms with Crippen LogP contribution in [0.5, 0.6) is 0 Å². The molecule has 0 bridgehead atoms. The molecule has 3 rings (SSSR count). The number of nitrogens with two attached hydrogens (primary N) is 1. The highest BCUT2D eigenvalue weighted by Crippen LogP contribution is 2.45. The van der Waals surface area contributed by atoms with Crippen LogP contribution in [0.4, 0.5) is 0 Å². The van der Waals surface area contributed by atoms with Crippen LogP contribution < -0.4 is 5.73 Å². The molecule has 1 aliphatic rings. The van der Waals surface area contributed by atoms with Crippen LogP contribution in [0.1, 0.15) is 12.8 Å². The van der Waals surface area contributed by atoms with Crippen LogP contribution in [-0.2, 0) is 6.54 Å². The Morgan fingerprint density at radius 2 is 2.38 bits per heavy atom. The van der Waals surface area contributed by atoms with Gasteiger partial charge >= 0.3 is 0 Å². The van der Waals surface area contributed by atoms with Gasteiger partial charge in [0, 0.05) is 23.7 Å². The van der Waals surface area contributed by atoms with Gasteiger partial charge in [-0.15, -0.1) is 5.10 Å². The Bertz CT molecular complexity index is 467. The van der Waals surface area contributed by atoms with E-state index in [9.17, 15) is 0 Å². The third kappa shape index (κ3) is 1.61. The molecule has 6 heteroatoms. The standard InChI is InChI=1S/C10H14N6/c11-6-10(1-2-10)7-16-5-9(14-15-16)8-3-12-13-4-8/h3-5H,1-2,6-7,11H2,(H,12,13). The molecule has 0 atom stereocenters. The second-order valence-corrected chi connectivity index (χ2v) is 4.49. The van der Waals surface area contributed by atoms with Crippen molar-refractivity contribution >= 4 is 0 Å². The van der Waals surface area contributed by atoms with Crippen LogP contribution in [0.25, 0.3) is 11.3 Å². The van der Waals surface area contributed by atoms with Crippen LogP contribution in [0.2, 0.25) is 0 Å². The fraction of sp³-hybridized carbons (Fsp3) is 0.500. The molecule has 1 fully saturated rings. The molecular formula is C10H14N6. The highest BCUT2D eigenvalue weighted by Gasteiger charge is 2.41. The predicted molar refractivity (Wildman–Crippen MR) is 58.3 cm³/mol. The highest BCUT2D eigenvalue weighted by molar-refractivity contribution is 5.54. The summed E-state index contributed by atoms with van der Waals surface area (Å²) in [5.41, 5.74) is 7.83. The smallest absolute Gasteiger partial charge is 0.116 e. The van der Waals surface area contributed by atoms with Gasteiger partial charge in [-0.2, -0.15) is 5.10 Å². The van der Waals surface area contributed by atoms with E-state index in [1.54, 1.807) is 6.20 Å². The summed E-state index contributed by atoms with van der Waals surface area (Å²) in [6, 6.07) is 0. The molecule has 1 aliphatic carbocycles. The molecule has 6 nitrogen and oxygen atoms in total. The number of rotatable bonds is 4. The lowest BCUT2D eigenvalue weighted by molar-refractivity contribution is 0.400. The van der Waals surface area contributed by atoms with Crippen molar-refractivity contribution in [3.05, 3.63) is 18.6 Å². The van der Waals surface area contributed by atoms with Gasteiger partial charge in [0.25, 0.3) is 0 Å². The van der Waals surface area contributed by atoms with Gasteiger partial charge in [-0.25, -0.2) is 0 Å². The van der Waals surface area contributed by atoms with Crippen molar-refractivity contribution in [1.29, 1.82) is 0 Å². The molecule has 2 aromatic heterocycles. The summed E-state index contributed by atoms with van der Waals surface area (Å²) in [6.07, 6.45) is 7.89. The second-order valence-electron chi connectivity index (χ2n) is 4.49. The number of H-pyrrole nitrogens is 1. The molecule has 0 amide bonds. The molecular weight excluding hydrogens is 204 g/mol. The lowest BCUT2D eigenvalue weighted by atomic mass is 10.1. The van der Waals surface area contributed by atoms with Crippen LogP contribution in [0.15, 0.2) is 18.6 Å². The van der Waals surface area contributed by atoms with Crippen LogP contribution in [0.3, 0.4) is 0 Å². The van der Waals surface area contributed by atoms with Crippen molar-refractivity contribution in [2.24, 2.45) is 11.1 Å². The summed E-state index contributed by atoms with van der Waals surface area (Å²) < 4.78 is 1.88. The third-order valence-corrected chi connectivity index (χ3v) is 3.22. The van der Waals surface area contributed by atoms with E-state index in [2.05, 4.69) is 20.5 Å². The van der Waals surface area contributed by atoms with Crippen LogP contribution >= 0.6 is 0 Å². The van der Waals surface area contributed by atoms with E-state index in [4.69, 9.17) is 5.73 Å². The number of nitrogens with one attached hydrogen (secondary N) is 1. The van der Waals surface area contributed by atoms with E-state index in [1.165, 1.54) is 12.8 Å². The van der Waals surface area contributed by atoms with Crippen molar-refractivity contribution in [2.75, 3.05) is 6.54 Å². The van der Waals surface area contributed by atoms with Gasteiger partial charge in [-0.3, -0.25) is 9.78 Å². The average Bonchev–Trinajstić information content (AvgIpc) is 2.72. The zero-order chi connectivity index (χ0) is 11.0. The number of hydrogen-bond acceptors (Lipinski definition) is 4. The van der Waals surface area contributed by atoms with Gasteiger partial charge in [-0.05, 0) is 19.4 Å². The maximum absolute atomic E-state index is 5.74. The first-order chi connectivity index (χ1) is 7.81. The van der Waals surface area contributed by atoms with Crippen molar-refractivity contribution < 1.29 is 0 Å². The van der Waals surface area contributed by atoms with Gasteiger partial charge in [0.1, 0.15) is 5.69 Å². The third-order valence-electron chi connectivity index (χ3n) is 3.22. The van der Waals surface area contributed by atoms with Gasteiger partial charge in [0.05, 0.1) is 12.4 Å². The number of hydrogen-bond donors (Lipinski definition) is 2. The normalized spacial score (nSPS) is 17.6. The van der Waals surface area contributed by atoms with Crippen LogP contribution in [0, 0.1) is 5.41 Å². The zero-order valence-electron chi connectivity index (χ0n) is 8.93. The zero-order valence-corrected chi connectivity index (χ0v) is 8.93. The Hall–Kier alpha value is -1.69. The topological polar surface area (TPSA) is 85.4 Å². The highest BCUT2D eigenvalue weighted by atomic mass is 15.4. The van der Waals surface area contributed by atoms with Crippen molar-refractivity contribution in [1.82, 2.24) is 25.2 Å². The lowest BCUT2D eigenvalue weighted by Crippen LogP contribution is -2.21. The summed E-state index contributed by atoms with van der Waals surface area (Å²) in [4.78, 5) is 0. The molecule has 0 aliphatic heterocycles. The quantitative estimate of drug-likeness (QED) is 0.778. The first-order valence-corrected chi connectivity index (χ1v) is 5.41. The Labute approximate surface area is 92.8 Å². The lowest BCUT2D eigenvalue weighted by Gasteiger charge is -2.10. The van der Waals surface area contributed by atoms with Crippen molar-refractivity contribution in [2.45, 2.75) is 19.4 Å². The minimum atomic E-state index is 0.279. The van der Waals surface area contributed by atoms with Gasteiger partial charge in [0.2, 0.25) is 0 Å². The van der Waals surface area contributed by atoms with Gasteiger partial charge in [0.15, 0.2) is 0 Å². The Balaban J connectivity index is 1.78. The van der Waals surface area contributed by atoms with Crippen molar-refractivity contribution in [3.63, 3.8) is 0 Å². The molecule has 16 heavy (non-hydrogen) atoms. The molecule has 1 saturated carbocycles. The van der Waals surface area contributed by atoms with E-state index < -0.39 is 0 Å². The summed E-state index contributed by atoms with van der Waals surface area (Å²) in [5.74, 6) is 0. The summed E-state index contributed by atoms with van der Waals surface area (Å²) in [6.45, 7) is 1.60. The van der Waals surface area contributed by atoms with Crippen LogP contribution in [-0.4, -0.2) is 31.7 Å². The molecule has 0 aromatic carbocycles. The van der Waals surface area contributed by atoms with Gasteiger partial charge in [-0.1, -0.05) is 5.21 Å². The molecule has 0 spiro atoms. The minimum absolute atomic E-state index is 0.279. The second kappa shape index (κ2) is 3.41. The maximum atomic E-state index is 5.74.